The van der Waals surface area contributed by atoms with E-state index in [1.54, 1.807) is 35.6 Å². The van der Waals surface area contributed by atoms with Crippen LogP contribution in [0.25, 0.3) is 32.7 Å². The fourth-order valence-electron chi connectivity index (χ4n) is 4.48. The average Bonchev–Trinajstić information content (AvgIpc) is 3.15. The summed E-state index contributed by atoms with van der Waals surface area (Å²) in [7, 11) is 0. The minimum Gasteiger partial charge on any atom is -0.333 e. The zero-order valence-electron chi connectivity index (χ0n) is 19.6. The van der Waals surface area contributed by atoms with Crippen molar-refractivity contribution in [2.24, 2.45) is 5.73 Å². The minimum absolute atomic E-state index is 0.146. The number of amides is 1. The zero-order valence-corrected chi connectivity index (χ0v) is 20.5. The fourth-order valence-corrected chi connectivity index (χ4v) is 5.71. The van der Waals surface area contributed by atoms with E-state index >= 15 is 0 Å². The highest BCUT2D eigenvalue weighted by Crippen LogP contribution is 2.42. The van der Waals surface area contributed by atoms with Crippen LogP contribution in [0.1, 0.15) is 26.4 Å². The van der Waals surface area contributed by atoms with Crippen molar-refractivity contribution in [3.63, 3.8) is 0 Å². The molecular formula is C29H26F2N2OS. The minimum atomic E-state index is -0.918. The van der Waals surface area contributed by atoms with Gasteiger partial charge in [0.05, 0.1) is 13.1 Å². The molecule has 1 amide bonds. The molecule has 0 bridgehead atoms. The number of nitrogens with zero attached hydrogens (tertiary/aromatic N) is 1. The number of hydrogen-bond acceptors (Lipinski definition) is 3. The van der Waals surface area contributed by atoms with E-state index in [0.717, 1.165) is 37.6 Å². The van der Waals surface area contributed by atoms with Gasteiger partial charge < -0.3 is 10.6 Å². The van der Waals surface area contributed by atoms with E-state index in [0.29, 0.717) is 12.1 Å². The standard InChI is InChI=1S/C29H26F2N2OS/c1-17-18(2)28(35-27(17)14-32)25-12-9-22(13-26(25)20-7-10-23(30)11-8-20)19-3-5-21(6-4-19)29(34)33-15-24(31)16-33/h3-13,24H,14-16,32H2,1-2H3. The van der Waals surface area contributed by atoms with Crippen molar-refractivity contribution in [1.82, 2.24) is 4.90 Å². The molecule has 0 aliphatic carbocycles. The van der Waals surface area contributed by atoms with Crippen LogP contribution in [0.4, 0.5) is 8.78 Å². The second-order valence-corrected chi connectivity index (χ2v) is 10.1. The van der Waals surface area contributed by atoms with Crippen LogP contribution < -0.4 is 5.73 Å². The Morgan fingerprint density at radius 3 is 2.14 bits per heavy atom. The van der Waals surface area contributed by atoms with Gasteiger partial charge in [-0.2, -0.15) is 0 Å². The Morgan fingerprint density at radius 2 is 1.54 bits per heavy atom. The summed E-state index contributed by atoms with van der Waals surface area (Å²) in [5.74, 6) is -0.423. The largest absolute Gasteiger partial charge is 0.333 e. The van der Waals surface area contributed by atoms with E-state index in [1.807, 2.05) is 12.1 Å². The van der Waals surface area contributed by atoms with Gasteiger partial charge in [0.1, 0.15) is 12.0 Å². The number of rotatable bonds is 5. The third-order valence-corrected chi connectivity index (χ3v) is 8.19. The van der Waals surface area contributed by atoms with Gasteiger partial charge >= 0.3 is 0 Å². The Morgan fingerprint density at radius 1 is 0.914 bits per heavy atom. The van der Waals surface area contributed by atoms with Crippen molar-refractivity contribution in [1.29, 1.82) is 0 Å². The first-order chi connectivity index (χ1) is 16.9. The number of nitrogens with two attached hydrogens (primary N) is 1. The van der Waals surface area contributed by atoms with Gasteiger partial charge in [-0.25, -0.2) is 8.78 Å². The number of carbonyl (C=O) groups is 1. The van der Waals surface area contributed by atoms with Crippen molar-refractivity contribution >= 4 is 17.2 Å². The summed E-state index contributed by atoms with van der Waals surface area (Å²) >= 11 is 1.70. The summed E-state index contributed by atoms with van der Waals surface area (Å²) < 4.78 is 26.8. The Hall–Kier alpha value is -3.35. The van der Waals surface area contributed by atoms with E-state index in [-0.39, 0.29) is 24.8 Å². The van der Waals surface area contributed by atoms with Crippen LogP contribution in [0.2, 0.25) is 0 Å². The van der Waals surface area contributed by atoms with Crippen LogP contribution >= 0.6 is 11.3 Å². The molecule has 2 N–H and O–H groups in total. The Kier molecular flexibility index (Phi) is 6.26. The molecule has 3 nitrogen and oxygen atoms in total. The van der Waals surface area contributed by atoms with Crippen LogP contribution in [0.15, 0.2) is 66.7 Å². The lowest BCUT2D eigenvalue weighted by Gasteiger charge is -2.34. The van der Waals surface area contributed by atoms with E-state index < -0.39 is 6.17 Å². The summed E-state index contributed by atoms with van der Waals surface area (Å²) in [6, 6.07) is 20.2. The summed E-state index contributed by atoms with van der Waals surface area (Å²) in [6.07, 6.45) is -0.918. The smallest absolute Gasteiger partial charge is 0.254 e. The molecular weight excluding hydrogens is 462 g/mol. The quantitative estimate of drug-likeness (QED) is 0.337. The molecule has 0 saturated carbocycles. The molecule has 2 heterocycles. The number of benzene rings is 3. The maximum absolute atomic E-state index is 13.7. The van der Waals surface area contributed by atoms with Gasteiger partial charge in [-0.3, -0.25) is 4.79 Å². The van der Waals surface area contributed by atoms with Gasteiger partial charge in [-0.15, -0.1) is 11.3 Å². The maximum Gasteiger partial charge on any atom is 0.254 e. The molecule has 0 atom stereocenters. The molecule has 0 radical (unpaired) electrons. The number of likely N-dealkylation sites (tertiary alicyclic amines) is 1. The van der Waals surface area contributed by atoms with Crippen molar-refractivity contribution < 1.29 is 13.6 Å². The molecule has 35 heavy (non-hydrogen) atoms. The number of alkyl halides is 1. The van der Waals surface area contributed by atoms with E-state index in [4.69, 9.17) is 5.73 Å². The monoisotopic (exact) mass is 488 g/mol. The molecule has 178 valence electrons. The van der Waals surface area contributed by atoms with Gasteiger partial charge in [-0.1, -0.05) is 36.4 Å². The molecule has 0 unspecified atom stereocenters. The van der Waals surface area contributed by atoms with Crippen LogP contribution in [-0.2, 0) is 6.54 Å². The Bertz CT molecular complexity index is 1390. The average molecular weight is 489 g/mol. The Labute approximate surface area is 207 Å². The van der Waals surface area contributed by atoms with Crippen molar-refractivity contribution in [3.05, 3.63) is 94.1 Å². The van der Waals surface area contributed by atoms with E-state index in [1.165, 1.54) is 28.2 Å². The molecule has 1 fully saturated rings. The number of thiophene rings is 1. The highest BCUT2D eigenvalue weighted by atomic mass is 32.1. The van der Waals surface area contributed by atoms with E-state index in [9.17, 15) is 13.6 Å². The number of carbonyl (C=O) groups excluding carboxylic acids is 1. The zero-order chi connectivity index (χ0) is 24.7. The predicted octanol–water partition coefficient (Wildman–Crippen LogP) is 6.76. The lowest BCUT2D eigenvalue weighted by molar-refractivity contribution is 0.0400. The van der Waals surface area contributed by atoms with Crippen LogP contribution in [-0.4, -0.2) is 30.1 Å². The molecule has 3 aromatic carbocycles. The summed E-state index contributed by atoms with van der Waals surface area (Å²) in [5.41, 5.74) is 13.9. The molecule has 0 spiro atoms. The first-order valence-electron chi connectivity index (χ1n) is 11.6. The highest BCUT2D eigenvalue weighted by molar-refractivity contribution is 7.16. The van der Waals surface area contributed by atoms with Crippen LogP contribution in [0.3, 0.4) is 0 Å². The SMILES string of the molecule is Cc1c(CN)sc(-c2ccc(-c3ccc(C(=O)N4CC(F)C4)cc3)cc2-c2ccc(F)cc2)c1C. The van der Waals surface area contributed by atoms with E-state index in [2.05, 4.69) is 32.0 Å². The molecule has 6 heteroatoms. The first-order valence-corrected chi connectivity index (χ1v) is 12.4. The molecule has 1 aliphatic rings. The number of hydrogen-bond donors (Lipinski definition) is 1. The summed E-state index contributed by atoms with van der Waals surface area (Å²) in [6.45, 7) is 5.03. The second-order valence-electron chi connectivity index (χ2n) is 8.96. The van der Waals surface area contributed by atoms with Gasteiger partial charge in [-0.05, 0) is 83.1 Å². The molecule has 4 aromatic rings. The van der Waals surface area contributed by atoms with Crippen molar-refractivity contribution in [3.8, 4) is 32.7 Å². The van der Waals surface area contributed by atoms with Gasteiger partial charge in [0.2, 0.25) is 0 Å². The van der Waals surface area contributed by atoms with Gasteiger partial charge in [0, 0.05) is 21.9 Å². The van der Waals surface area contributed by atoms with Crippen molar-refractivity contribution in [2.75, 3.05) is 13.1 Å². The van der Waals surface area contributed by atoms with Crippen LogP contribution in [0.5, 0.6) is 0 Å². The fraction of sp³-hybridized carbons (Fsp3) is 0.207. The predicted molar refractivity (Wildman–Crippen MR) is 139 cm³/mol. The normalized spacial score (nSPS) is 13.7. The lowest BCUT2D eigenvalue weighted by Crippen LogP contribution is -2.51. The first kappa shape index (κ1) is 23.4. The van der Waals surface area contributed by atoms with Gasteiger partial charge in [0.15, 0.2) is 0 Å². The molecule has 1 aliphatic heterocycles. The molecule has 5 rings (SSSR count). The van der Waals surface area contributed by atoms with Crippen LogP contribution in [0, 0.1) is 19.7 Å². The summed E-state index contributed by atoms with van der Waals surface area (Å²) in [5, 5.41) is 0. The topological polar surface area (TPSA) is 46.3 Å². The maximum atomic E-state index is 13.7. The second kappa shape index (κ2) is 9.36. The highest BCUT2D eigenvalue weighted by Gasteiger charge is 2.30. The summed E-state index contributed by atoms with van der Waals surface area (Å²) in [4.78, 5) is 16.3. The number of halogens is 2. The van der Waals surface area contributed by atoms with Gasteiger partial charge in [0.25, 0.3) is 5.91 Å². The lowest BCUT2D eigenvalue weighted by atomic mass is 9.92. The third-order valence-electron chi connectivity index (χ3n) is 6.74. The Balaban J connectivity index is 1.55. The molecule has 1 aromatic heterocycles. The molecule has 1 saturated heterocycles. The third kappa shape index (κ3) is 4.40. The van der Waals surface area contributed by atoms with Crippen molar-refractivity contribution in [2.45, 2.75) is 26.6 Å².